The first-order valence-electron chi connectivity index (χ1n) is 9.52. The fourth-order valence-corrected chi connectivity index (χ4v) is 3.80. The third-order valence-electron chi connectivity index (χ3n) is 5.21. The zero-order chi connectivity index (χ0) is 19.6. The molecule has 1 aromatic carbocycles. The number of hydrogen-bond acceptors (Lipinski definition) is 7. The predicted octanol–water partition coefficient (Wildman–Crippen LogP) is 1.85. The Morgan fingerprint density at radius 2 is 1.96 bits per heavy atom. The second kappa shape index (κ2) is 7.49. The van der Waals surface area contributed by atoms with Crippen LogP contribution in [0.1, 0.15) is 50.2 Å². The van der Waals surface area contributed by atoms with Gasteiger partial charge in [0, 0.05) is 6.92 Å². The van der Waals surface area contributed by atoms with Crippen LogP contribution in [-0.2, 0) is 16.9 Å². The Labute approximate surface area is 161 Å². The minimum atomic E-state index is -0.681. The Balaban J connectivity index is 1.60. The van der Waals surface area contributed by atoms with Crippen molar-refractivity contribution in [3.8, 4) is 0 Å². The van der Waals surface area contributed by atoms with Gasteiger partial charge in [-0.1, -0.05) is 48.2 Å². The molecule has 4 rings (SSSR count). The number of rotatable bonds is 4. The van der Waals surface area contributed by atoms with E-state index in [2.05, 4.69) is 25.8 Å². The van der Waals surface area contributed by atoms with Crippen molar-refractivity contribution in [2.75, 3.05) is 0 Å². The van der Waals surface area contributed by atoms with Crippen molar-refractivity contribution < 1.29 is 9.32 Å². The van der Waals surface area contributed by atoms with Gasteiger partial charge in [0.15, 0.2) is 5.82 Å². The summed E-state index contributed by atoms with van der Waals surface area (Å²) < 4.78 is 6.25. The van der Waals surface area contributed by atoms with E-state index in [9.17, 15) is 9.59 Å². The highest BCUT2D eigenvalue weighted by Crippen LogP contribution is 2.34. The topological polar surface area (TPSA) is 116 Å². The molecule has 1 amide bonds. The number of amides is 1. The van der Waals surface area contributed by atoms with Crippen LogP contribution in [0, 0.1) is 6.92 Å². The molecular weight excluding hydrogens is 360 g/mol. The SMILES string of the molecule is Cc1nc(C2(NC(=O)Cn3nnc4ccccc4c3=O)CCCCCC2)no1. The molecule has 0 bridgehead atoms. The van der Waals surface area contributed by atoms with Gasteiger partial charge in [0.25, 0.3) is 5.56 Å². The quantitative estimate of drug-likeness (QED) is 0.685. The smallest absolute Gasteiger partial charge is 0.278 e. The minimum absolute atomic E-state index is 0.213. The van der Waals surface area contributed by atoms with E-state index in [1.165, 1.54) is 0 Å². The fraction of sp³-hybridized carbons (Fsp3) is 0.474. The summed E-state index contributed by atoms with van der Waals surface area (Å²) in [6.07, 6.45) is 5.59. The maximum absolute atomic E-state index is 12.8. The first kappa shape index (κ1) is 18.3. The summed E-state index contributed by atoms with van der Waals surface area (Å²) in [5.74, 6) is 0.637. The molecule has 1 aliphatic carbocycles. The Bertz CT molecular complexity index is 1050. The van der Waals surface area contributed by atoms with Gasteiger partial charge in [0.1, 0.15) is 17.6 Å². The monoisotopic (exact) mass is 382 g/mol. The minimum Gasteiger partial charge on any atom is -0.342 e. The van der Waals surface area contributed by atoms with Gasteiger partial charge < -0.3 is 9.84 Å². The Morgan fingerprint density at radius 1 is 1.21 bits per heavy atom. The fourth-order valence-electron chi connectivity index (χ4n) is 3.80. The second-order valence-corrected chi connectivity index (χ2v) is 7.25. The maximum Gasteiger partial charge on any atom is 0.278 e. The molecule has 0 saturated heterocycles. The van der Waals surface area contributed by atoms with Gasteiger partial charge in [-0.25, -0.2) is 4.68 Å². The van der Waals surface area contributed by atoms with Crippen molar-refractivity contribution in [3.05, 3.63) is 46.3 Å². The van der Waals surface area contributed by atoms with Gasteiger partial charge >= 0.3 is 0 Å². The Morgan fingerprint density at radius 3 is 2.68 bits per heavy atom. The van der Waals surface area contributed by atoms with Crippen LogP contribution in [0.15, 0.2) is 33.6 Å². The molecule has 1 aliphatic rings. The maximum atomic E-state index is 12.8. The molecule has 0 aliphatic heterocycles. The molecule has 0 radical (unpaired) electrons. The summed E-state index contributed by atoms with van der Waals surface area (Å²) >= 11 is 0. The number of carbonyl (C=O) groups is 1. The largest absolute Gasteiger partial charge is 0.342 e. The highest BCUT2D eigenvalue weighted by Gasteiger charge is 2.38. The van der Waals surface area contributed by atoms with Gasteiger partial charge in [0.05, 0.1) is 5.39 Å². The molecule has 1 fully saturated rings. The van der Waals surface area contributed by atoms with Crippen molar-refractivity contribution in [2.45, 2.75) is 57.5 Å². The molecule has 1 N–H and O–H groups in total. The van der Waals surface area contributed by atoms with E-state index in [1.54, 1.807) is 31.2 Å². The zero-order valence-corrected chi connectivity index (χ0v) is 15.7. The molecular formula is C19H22N6O3. The van der Waals surface area contributed by atoms with E-state index in [-0.39, 0.29) is 18.0 Å². The average molecular weight is 382 g/mol. The van der Waals surface area contributed by atoms with Crippen LogP contribution >= 0.6 is 0 Å². The van der Waals surface area contributed by atoms with Crippen LogP contribution in [0.2, 0.25) is 0 Å². The van der Waals surface area contributed by atoms with E-state index in [0.29, 0.717) is 22.6 Å². The molecule has 9 nitrogen and oxygen atoms in total. The molecule has 1 saturated carbocycles. The van der Waals surface area contributed by atoms with Crippen molar-refractivity contribution in [3.63, 3.8) is 0 Å². The number of aryl methyl sites for hydroxylation is 1. The third kappa shape index (κ3) is 3.51. The standard InChI is InChI=1S/C19H22N6O3/c1-13-20-18(23-28-13)19(10-6-2-3-7-11-19)21-16(26)12-25-17(27)14-8-4-5-9-15(14)22-24-25/h4-5,8-9H,2-3,6-7,10-12H2,1H3,(H,21,26). The molecule has 0 atom stereocenters. The van der Waals surface area contributed by atoms with Crippen LogP contribution in [0.5, 0.6) is 0 Å². The van der Waals surface area contributed by atoms with Crippen LogP contribution in [0.3, 0.4) is 0 Å². The van der Waals surface area contributed by atoms with Gasteiger partial charge in [-0.15, -0.1) is 5.10 Å². The van der Waals surface area contributed by atoms with Gasteiger partial charge in [-0.05, 0) is 25.0 Å². The highest BCUT2D eigenvalue weighted by atomic mass is 16.5. The zero-order valence-electron chi connectivity index (χ0n) is 15.7. The lowest BCUT2D eigenvalue weighted by Gasteiger charge is -2.30. The summed E-state index contributed by atoms with van der Waals surface area (Å²) in [6, 6.07) is 6.94. The average Bonchev–Trinajstić information content (AvgIpc) is 3.00. The van der Waals surface area contributed by atoms with Gasteiger partial charge in [-0.3, -0.25) is 9.59 Å². The number of nitrogens with one attached hydrogen (secondary N) is 1. The van der Waals surface area contributed by atoms with E-state index in [1.807, 2.05) is 0 Å². The van der Waals surface area contributed by atoms with E-state index in [4.69, 9.17) is 4.52 Å². The normalized spacial score (nSPS) is 16.6. The van der Waals surface area contributed by atoms with E-state index >= 15 is 0 Å². The molecule has 0 spiro atoms. The molecule has 2 heterocycles. The number of hydrogen-bond donors (Lipinski definition) is 1. The van der Waals surface area contributed by atoms with Gasteiger partial charge in [0.2, 0.25) is 11.8 Å². The van der Waals surface area contributed by atoms with Crippen molar-refractivity contribution in [1.82, 2.24) is 30.5 Å². The number of nitrogens with zero attached hydrogens (tertiary/aromatic N) is 5. The van der Waals surface area contributed by atoms with Crippen LogP contribution in [0.4, 0.5) is 0 Å². The molecule has 2 aromatic heterocycles. The number of aromatic nitrogens is 5. The predicted molar refractivity (Wildman–Crippen MR) is 100 cm³/mol. The molecule has 3 aromatic rings. The van der Waals surface area contributed by atoms with Crippen molar-refractivity contribution in [1.29, 1.82) is 0 Å². The van der Waals surface area contributed by atoms with Crippen molar-refractivity contribution >= 4 is 16.8 Å². The highest BCUT2D eigenvalue weighted by molar-refractivity contribution is 5.78. The summed E-state index contributed by atoms with van der Waals surface area (Å²) in [6.45, 7) is 1.52. The third-order valence-corrected chi connectivity index (χ3v) is 5.21. The molecule has 146 valence electrons. The summed E-state index contributed by atoms with van der Waals surface area (Å²) in [5.41, 5.74) is -0.517. The lowest BCUT2D eigenvalue weighted by molar-refractivity contribution is -0.124. The second-order valence-electron chi connectivity index (χ2n) is 7.25. The van der Waals surface area contributed by atoms with E-state index in [0.717, 1.165) is 43.2 Å². The summed E-state index contributed by atoms with van der Waals surface area (Å²) in [5, 5.41) is 15.5. The lowest BCUT2D eigenvalue weighted by atomic mass is 9.89. The summed E-state index contributed by atoms with van der Waals surface area (Å²) in [7, 11) is 0. The summed E-state index contributed by atoms with van der Waals surface area (Å²) in [4.78, 5) is 29.8. The lowest BCUT2D eigenvalue weighted by Crippen LogP contribution is -2.48. The van der Waals surface area contributed by atoms with Crippen LogP contribution < -0.4 is 10.9 Å². The molecule has 28 heavy (non-hydrogen) atoms. The molecule has 9 heteroatoms. The molecule has 0 unspecified atom stereocenters. The Hall–Kier alpha value is -3.10. The Kier molecular flexibility index (Phi) is 4.89. The van der Waals surface area contributed by atoms with Gasteiger partial charge in [-0.2, -0.15) is 4.98 Å². The number of benzene rings is 1. The number of carbonyl (C=O) groups excluding carboxylic acids is 1. The van der Waals surface area contributed by atoms with Crippen molar-refractivity contribution in [2.24, 2.45) is 0 Å². The van der Waals surface area contributed by atoms with E-state index < -0.39 is 5.54 Å². The number of fused-ring (bicyclic) bond motifs is 1. The first-order chi connectivity index (χ1) is 13.6. The first-order valence-corrected chi connectivity index (χ1v) is 9.52. The van der Waals surface area contributed by atoms with Crippen LogP contribution in [0.25, 0.3) is 10.9 Å². The van der Waals surface area contributed by atoms with Crippen LogP contribution in [-0.4, -0.2) is 31.0 Å².